The van der Waals surface area contributed by atoms with E-state index in [1.165, 1.54) is 6.07 Å². The highest BCUT2D eigenvalue weighted by Crippen LogP contribution is 2.11. The van der Waals surface area contributed by atoms with Crippen LogP contribution in [0.5, 0.6) is 0 Å². The van der Waals surface area contributed by atoms with E-state index < -0.39 is 17.5 Å². The first-order valence-electron chi connectivity index (χ1n) is 5.54. The molecule has 0 heterocycles. The highest BCUT2D eigenvalue weighted by molar-refractivity contribution is 9.10. The number of benzene rings is 2. The minimum Gasteiger partial charge on any atom is -0.348 e. The van der Waals surface area contributed by atoms with E-state index in [0.29, 0.717) is 6.54 Å². The van der Waals surface area contributed by atoms with Crippen molar-refractivity contribution in [2.75, 3.05) is 0 Å². The van der Waals surface area contributed by atoms with Gasteiger partial charge in [-0.2, -0.15) is 0 Å². The molecule has 19 heavy (non-hydrogen) atoms. The molecule has 0 bridgehead atoms. The number of carbonyl (C=O) groups excluding carboxylic acids is 1. The predicted molar refractivity (Wildman–Crippen MR) is 71.7 cm³/mol. The Kier molecular flexibility index (Phi) is 4.27. The molecular weight excluding hydrogens is 316 g/mol. The van der Waals surface area contributed by atoms with Crippen LogP contribution < -0.4 is 5.32 Å². The minimum absolute atomic E-state index is 0.0935. The maximum Gasteiger partial charge on any atom is 0.251 e. The average Bonchev–Trinajstić information content (AvgIpc) is 2.41. The lowest BCUT2D eigenvalue weighted by atomic mass is 10.2. The molecule has 2 nitrogen and oxygen atoms in total. The SMILES string of the molecule is O=C(NCc1ccc(Br)cc1)c1ccc(F)c(F)c1. The van der Waals surface area contributed by atoms with Crippen LogP contribution in [0.1, 0.15) is 15.9 Å². The Morgan fingerprint density at radius 2 is 1.74 bits per heavy atom. The number of amides is 1. The van der Waals surface area contributed by atoms with Crippen LogP contribution in [0, 0.1) is 11.6 Å². The van der Waals surface area contributed by atoms with Gasteiger partial charge < -0.3 is 5.32 Å². The van der Waals surface area contributed by atoms with Gasteiger partial charge in [0.15, 0.2) is 11.6 Å². The quantitative estimate of drug-likeness (QED) is 0.916. The first kappa shape index (κ1) is 13.7. The highest BCUT2D eigenvalue weighted by atomic mass is 79.9. The third-order valence-corrected chi connectivity index (χ3v) is 3.08. The van der Waals surface area contributed by atoms with E-state index in [1.807, 2.05) is 24.3 Å². The smallest absolute Gasteiger partial charge is 0.251 e. The van der Waals surface area contributed by atoms with Gasteiger partial charge in [-0.3, -0.25) is 4.79 Å². The molecule has 5 heteroatoms. The van der Waals surface area contributed by atoms with Gasteiger partial charge in [-0.1, -0.05) is 28.1 Å². The van der Waals surface area contributed by atoms with Crippen molar-refractivity contribution in [3.8, 4) is 0 Å². The second-order valence-corrected chi connectivity index (χ2v) is 4.85. The molecule has 0 spiro atoms. The van der Waals surface area contributed by atoms with E-state index in [2.05, 4.69) is 21.2 Å². The van der Waals surface area contributed by atoms with E-state index in [-0.39, 0.29) is 5.56 Å². The molecule has 1 amide bonds. The van der Waals surface area contributed by atoms with Crippen LogP contribution in [-0.2, 0) is 6.54 Å². The summed E-state index contributed by atoms with van der Waals surface area (Å²) in [7, 11) is 0. The third-order valence-electron chi connectivity index (χ3n) is 2.55. The van der Waals surface area contributed by atoms with Crippen molar-refractivity contribution in [3.05, 3.63) is 69.7 Å². The van der Waals surface area contributed by atoms with Crippen molar-refractivity contribution in [1.82, 2.24) is 5.32 Å². The maximum atomic E-state index is 13.0. The molecule has 2 aromatic rings. The van der Waals surface area contributed by atoms with Crippen LogP contribution in [0.2, 0.25) is 0 Å². The van der Waals surface area contributed by atoms with Gasteiger partial charge in [-0.15, -0.1) is 0 Å². The fourth-order valence-electron chi connectivity index (χ4n) is 1.52. The molecule has 2 rings (SSSR count). The van der Waals surface area contributed by atoms with Gasteiger partial charge in [0.05, 0.1) is 0 Å². The maximum absolute atomic E-state index is 13.0. The molecule has 0 saturated heterocycles. The molecule has 0 aliphatic heterocycles. The van der Waals surface area contributed by atoms with Gasteiger partial charge in [0.2, 0.25) is 0 Å². The Morgan fingerprint density at radius 1 is 1.05 bits per heavy atom. The second kappa shape index (κ2) is 5.93. The van der Waals surface area contributed by atoms with E-state index in [1.54, 1.807) is 0 Å². The van der Waals surface area contributed by atoms with E-state index in [0.717, 1.165) is 22.2 Å². The average molecular weight is 326 g/mol. The Labute approximate surface area is 117 Å². The first-order chi connectivity index (χ1) is 9.06. The Balaban J connectivity index is 2.01. The highest BCUT2D eigenvalue weighted by Gasteiger charge is 2.09. The summed E-state index contributed by atoms with van der Waals surface area (Å²) in [5.74, 6) is -2.44. The summed E-state index contributed by atoms with van der Waals surface area (Å²) in [6.07, 6.45) is 0. The largest absolute Gasteiger partial charge is 0.348 e. The summed E-state index contributed by atoms with van der Waals surface area (Å²) in [4.78, 5) is 11.7. The Hall–Kier alpha value is -1.75. The summed E-state index contributed by atoms with van der Waals surface area (Å²) < 4.78 is 26.7. The number of halogens is 3. The molecule has 1 N–H and O–H groups in total. The van der Waals surface area contributed by atoms with Crippen molar-refractivity contribution in [2.45, 2.75) is 6.54 Å². The number of hydrogen-bond donors (Lipinski definition) is 1. The lowest BCUT2D eigenvalue weighted by Crippen LogP contribution is -2.22. The second-order valence-electron chi connectivity index (χ2n) is 3.94. The van der Waals surface area contributed by atoms with Gasteiger partial charge in [0.25, 0.3) is 5.91 Å². The monoisotopic (exact) mass is 325 g/mol. The molecule has 0 aliphatic rings. The van der Waals surface area contributed by atoms with Gasteiger partial charge in [0, 0.05) is 16.6 Å². The number of rotatable bonds is 3. The van der Waals surface area contributed by atoms with Gasteiger partial charge in [0.1, 0.15) is 0 Å². The first-order valence-corrected chi connectivity index (χ1v) is 6.33. The molecule has 98 valence electrons. The van der Waals surface area contributed by atoms with Crippen LogP contribution in [0.4, 0.5) is 8.78 Å². The van der Waals surface area contributed by atoms with Gasteiger partial charge in [-0.05, 0) is 35.9 Å². The summed E-state index contributed by atoms with van der Waals surface area (Å²) in [6, 6.07) is 10.5. The minimum atomic E-state index is -1.03. The molecule has 0 aromatic heterocycles. The van der Waals surface area contributed by atoms with Crippen LogP contribution in [-0.4, -0.2) is 5.91 Å². The lowest BCUT2D eigenvalue weighted by Gasteiger charge is -2.06. The van der Waals surface area contributed by atoms with Crippen molar-refractivity contribution in [1.29, 1.82) is 0 Å². The molecular formula is C14H10BrF2NO. The van der Waals surface area contributed by atoms with Crippen molar-refractivity contribution >= 4 is 21.8 Å². The van der Waals surface area contributed by atoms with Gasteiger partial charge >= 0.3 is 0 Å². The lowest BCUT2D eigenvalue weighted by molar-refractivity contribution is 0.0950. The zero-order valence-corrected chi connectivity index (χ0v) is 11.4. The van der Waals surface area contributed by atoms with Crippen molar-refractivity contribution in [3.63, 3.8) is 0 Å². The fourth-order valence-corrected chi connectivity index (χ4v) is 1.79. The van der Waals surface area contributed by atoms with Crippen LogP contribution in [0.25, 0.3) is 0 Å². The van der Waals surface area contributed by atoms with Crippen LogP contribution in [0.15, 0.2) is 46.9 Å². The normalized spacial score (nSPS) is 10.3. The molecule has 0 fully saturated rings. The van der Waals surface area contributed by atoms with Crippen LogP contribution >= 0.6 is 15.9 Å². The standard InChI is InChI=1S/C14H10BrF2NO/c15-11-4-1-9(2-5-11)8-18-14(19)10-3-6-12(16)13(17)7-10/h1-7H,8H2,(H,18,19). The molecule has 2 aromatic carbocycles. The van der Waals surface area contributed by atoms with E-state index in [9.17, 15) is 13.6 Å². The summed E-state index contributed by atoms with van der Waals surface area (Å²) in [5, 5.41) is 2.64. The number of carbonyl (C=O) groups is 1. The number of nitrogens with one attached hydrogen (secondary N) is 1. The molecule has 0 radical (unpaired) electrons. The Bertz CT molecular complexity index is 599. The molecule has 0 aliphatic carbocycles. The van der Waals surface area contributed by atoms with Crippen molar-refractivity contribution in [2.24, 2.45) is 0 Å². The van der Waals surface area contributed by atoms with E-state index >= 15 is 0 Å². The summed E-state index contributed by atoms with van der Waals surface area (Å²) in [6.45, 7) is 0.325. The zero-order valence-electron chi connectivity index (χ0n) is 9.79. The molecule has 0 atom stereocenters. The van der Waals surface area contributed by atoms with Crippen molar-refractivity contribution < 1.29 is 13.6 Å². The van der Waals surface area contributed by atoms with E-state index in [4.69, 9.17) is 0 Å². The Morgan fingerprint density at radius 3 is 2.37 bits per heavy atom. The van der Waals surface area contributed by atoms with Crippen LogP contribution in [0.3, 0.4) is 0 Å². The summed E-state index contributed by atoms with van der Waals surface area (Å²) >= 11 is 3.31. The molecule has 0 unspecified atom stereocenters. The fraction of sp³-hybridized carbons (Fsp3) is 0.0714. The zero-order chi connectivity index (χ0) is 13.8. The summed E-state index contributed by atoms with van der Waals surface area (Å²) in [5.41, 5.74) is 1.01. The third kappa shape index (κ3) is 3.61. The predicted octanol–water partition coefficient (Wildman–Crippen LogP) is 3.66. The number of hydrogen-bond acceptors (Lipinski definition) is 1. The van der Waals surface area contributed by atoms with Gasteiger partial charge in [-0.25, -0.2) is 8.78 Å². The topological polar surface area (TPSA) is 29.1 Å². The molecule has 0 saturated carbocycles.